The molecule has 2 saturated heterocycles. The number of phenols is 1. The van der Waals surface area contributed by atoms with E-state index in [0.717, 1.165) is 22.6 Å². The minimum Gasteiger partial charge on any atom is -0.508 e. The molecule has 8 nitrogen and oxygen atoms in total. The minimum atomic E-state index is -1.58. The van der Waals surface area contributed by atoms with Gasteiger partial charge >= 0.3 is 0 Å². The fraction of sp³-hybridized carbons (Fsp3) is 0.250. The average Bonchev–Trinajstić information content (AvgIpc) is 3.50. The number of carbonyl (C=O) groups is 4. The highest BCUT2D eigenvalue weighted by atomic mass is 35.5. The third-order valence-corrected chi connectivity index (χ3v) is 11.7. The van der Waals surface area contributed by atoms with Crippen LogP contribution in [0, 0.1) is 29.5 Å². The Morgan fingerprint density at radius 3 is 2.24 bits per heavy atom. The number of nitrogens with zero attached hydrogens (tertiary/aromatic N) is 2. The van der Waals surface area contributed by atoms with Gasteiger partial charge in [0.15, 0.2) is 0 Å². The summed E-state index contributed by atoms with van der Waals surface area (Å²) < 4.78 is 13.8. The normalized spacial score (nSPS) is 26.9. The molecule has 1 saturated carbocycles. The number of hydrogen-bond donors (Lipinski definition) is 2. The van der Waals surface area contributed by atoms with Crippen LogP contribution in [0.5, 0.6) is 5.75 Å². The number of aromatic hydroxyl groups is 1. The molecule has 2 heterocycles. The Bertz CT molecular complexity index is 2140. The third-order valence-electron chi connectivity index (χ3n) is 11.2. The second kappa shape index (κ2) is 12.4. The molecule has 51 heavy (non-hydrogen) atoms. The highest BCUT2D eigenvalue weighted by molar-refractivity contribution is 6.32. The number of rotatable bonds is 6. The summed E-state index contributed by atoms with van der Waals surface area (Å²) in [5.74, 6) is -6.25. The van der Waals surface area contributed by atoms with E-state index in [-0.39, 0.29) is 35.4 Å². The molecule has 6 unspecified atom stereocenters. The van der Waals surface area contributed by atoms with Crippen LogP contribution >= 0.6 is 23.2 Å². The van der Waals surface area contributed by atoms with E-state index in [4.69, 9.17) is 23.2 Å². The Balaban J connectivity index is 1.31. The Morgan fingerprint density at radius 2 is 1.57 bits per heavy atom. The molecule has 0 aromatic heterocycles. The van der Waals surface area contributed by atoms with Gasteiger partial charge in [-0.05, 0) is 103 Å². The lowest BCUT2D eigenvalue weighted by molar-refractivity contribution is -0.138. The maximum atomic E-state index is 15.2. The van der Waals surface area contributed by atoms with Crippen LogP contribution < -0.4 is 10.3 Å². The SMILES string of the molecule is CCc1ccc(N2C(=O)C3CC=C4C(CC5C(=O)N(Nc6ccc(F)cc6)C(=O)C5(c5ccc(Cl)cc5)C4c4ccc(O)cc4Cl)C3C2=O)cc1. The van der Waals surface area contributed by atoms with Crippen LogP contribution in [0.4, 0.5) is 15.8 Å². The number of anilines is 2. The maximum absolute atomic E-state index is 15.2. The molecule has 0 bridgehead atoms. The monoisotopic (exact) mass is 723 g/mol. The quantitative estimate of drug-likeness (QED) is 0.157. The highest BCUT2D eigenvalue weighted by Crippen LogP contribution is 2.65. The molecule has 4 aromatic carbocycles. The number of imide groups is 2. The van der Waals surface area contributed by atoms with Gasteiger partial charge in [0.1, 0.15) is 11.6 Å². The number of hydrazine groups is 1. The third kappa shape index (κ3) is 5.00. The zero-order valence-electron chi connectivity index (χ0n) is 27.4. The van der Waals surface area contributed by atoms with Crippen LogP contribution in [-0.2, 0) is 31.0 Å². The molecule has 258 valence electrons. The van der Waals surface area contributed by atoms with Gasteiger partial charge in [0.25, 0.3) is 11.8 Å². The number of carbonyl (C=O) groups excluding carboxylic acids is 4. The summed E-state index contributed by atoms with van der Waals surface area (Å²) in [4.78, 5) is 59.7. The molecule has 3 fully saturated rings. The lowest BCUT2D eigenvalue weighted by atomic mass is 9.49. The van der Waals surface area contributed by atoms with Crippen LogP contribution in [0.15, 0.2) is 103 Å². The van der Waals surface area contributed by atoms with Crippen molar-refractivity contribution in [2.45, 2.75) is 37.5 Å². The van der Waals surface area contributed by atoms with Crippen LogP contribution in [0.3, 0.4) is 0 Å². The van der Waals surface area contributed by atoms with E-state index in [2.05, 4.69) is 5.43 Å². The Labute approximate surface area is 303 Å². The van der Waals surface area contributed by atoms with Crippen LogP contribution in [-0.4, -0.2) is 33.7 Å². The molecule has 4 aromatic rings. The second-order valence-corrected chi connectivity index (χ2v) is 14.5. The van der Waals surface area contributed by atoms with Crippen molar-refractivity contribution in [1.82, 2.24) is 5.01 Å². The van der Waals surface area contributed by atoms with Gasteiger partial charge in [0.2, 0.25) is 11.8 Å². The molecule has 2 N–H and O–H groups in total. The predicted octanol–water partition coefficient (Wildman–Crippen LogP) is 7.59. The van der Waals surface area contributed by atoms with Crippen molar-refractivity contribution < 1.29 is 28.7 Å². The number of amides is 4. The van der Waals surface area contributed by atoms with Gasteiger partial charge in [-0.1, -0.05) is 72.1 Å². The van der Waals surface area contributed by atoms with Gasteiger partial charge in [-0.25, -0.2) is 4.39 Å². The number of phenolic OH excluding ortho intramolecular Hbond substituents is 1. The van der Waals surface area contributed by atoms with Gasteiger partial charge < -0.3 is 5.11 Å². The lowest BCUT2D eigenvalue weighted by Crippen LogP contribution is -2.53. The molecule has 11 heteroatoms. The van der Waals surface area contributed by atoms with E-state index < -0.39 is 52.6 Å². The standard InChI is InChI=1S/C40H32Cl2FN3O5/c1-2-21-3-13-26(14-4-21)45-36(48)30-18-17-28-31(34(30)38(45)50)20-32-37(49)46(44-25-11-9-24(43)10-12-25)39(51)40(32,22-5-7-23(41)8-6-22)35(28)29-16-15-27(47)19-33(29)42/h3-17,19,30-32,34-35,44,47H,2,18,20H2,1H3. The predicted molar refractivity (Wildman–Crippen MR) is 190 cm³/mol. The summed E-state index contributed by atoms with van der Waals surface area (Å²) in [5, 5.41) is 12.0. The molecule has 2 aliphatic heterocycles. The topological polar surface area (TPSA) is 107 Å². The zero-order chi connectivity index (χ0) is 35.8. The van der Waals surface area contributed by atoms with Crippen LogP contribution in [0.1, 0.15) is 42.4 Å². The van der Waals surface area contributed by atoms with Crippen molar-refractivity contribution >= 4 is 58.2 Å². The number of aryl methyl sites for hydroxylation is 1. The van der Waals surface area contributed by atoms with Gasteiger partial charge in [-0.3, -0.25) is 29.5 Å². The average molecular weight is 725 g/mol. The van der Waals surface area contributed by atoms with Crippen LogP contribution in [0.2, 0.25) is 10.0 Å². The Kier molecular flexibility index (Phi) is 8.03. The summed E-state index contributed by atoms with van der Waals surface area (Å²) in [6.07, 6.45) is 3.09. The first-order valence-electron chi connectivity index (χ1n) is 16.9. The smallest absolute Gasteiger partial charge is 0.260 e. The number of allylic oxidation sites excluding steroid dienone is 2. The van der Waals surface area contributed by atoms with Gasteiger partial charge in [-0.15, -0.1) is 0 Å². The largest absolute Gasteiger partial charge is 0.508 e. The van der Waals surface area contributed by atoms with E-state index in [0.29, 0.717) is 27.5 Å². The number of hydrogen-bond acceptors (Lipinski definition) is 6. The van der Waals surface area contributed by atoms with Crippen molar-refractivity contribution in [3.8, 4) is 5.75 Å². The summed E-state index contributed by atoms with van der Waals surface area (Å²) in [5.41, 5.74) is 4.95. The van der Waals surface area contributed by atoms with E-state index in [9.17, 15) is 23.9 Å². The fourth-order valence-electron chi connectivity index (χ4n) is 8.89. The van der Waals surface area contributed by atoms with Crippen molar-refractivity contribution in [1.29, 1.82) is 0 Å². The minimum absolute atomic E-state index is 0.0828. The van der Waals surface area contributed by atoms with Crippen molar-refractivity contribution in [3.05, 3.63) is 135 Å². The van der Waals surface area contributed by atoms with E-state index >= 15 is 4.79 Å². The molecule has 0 radical (unpaired) electrons. The number of benzene rings is 4. The van der Waals surface area contributed by atoms with E-state index in [1.54, 1.807) is 42.5 Å². The Morgan fingerprint density at radius 1 is 0.863 bits per heavy atom. The molecule has 4 aliphatic rings. The lowest BCUT2D eigenvalue weighted by Gasteiger charge is -2.50. The number of nitrogens with one attached hydrogen (secondary N) is 1. The molecular weight excluding hydrogens is 692 g/mol. The maximum Gasteiger partial charge on any atom is 0.260 e. The molecule has 4 amide bonds. The molecule has 0 spiro atoms. The van der Waals surface area contributed by atoms with Crippen LogP contribution in [0.25, 0.3) is 0 Å². The van der Waals surface area contributed by atoms with Gasteiger partial charge in [-0.2, -0.15) is 5.01 Å². The first kappa shape index (κ1) is 33.2. The highest BCUT2D eigenvalue weighted by Gasteiger charge is 2.70. The molecular formula is C40H32Cl2FN3O5. The molecule has 8 rings (SSSR count). The summed E-state index contributed by atoms with van der Waals surface area (Å²) in [6.45, 7) is 2.03. The second-order valence-electron chi connectivity index (χ2n) is 13.6. The van der Waals surface area contributed by atoms with Gasteiger partial charge in [0, 0.05) is 16.0 Å². The first-order valence-corrected chi connectivity index (χ1v) is 17.6. The fourth-order valence-corrected chi connectivity index (χ4v) is 9.29. The van der Waals surface area contributed by atoms with Gasteiger partial charge in [0.05, 0.1) is 34.5 Å². The first-order chi connectivity index (χ1) is 24.5. The van der Waals surface area contributed by atoms with Crippen molar-refractivity contribution in [2.75, 3.05) is 10.3 Å². The molecule has 6 atom stereocenters. The Hall–Kier alpha value is -4.99. The van der Waals surface area contributed by atoms with E-state index in [1.807, 2.05) is 25.1 Å². The zero-order valence-corrected chi connectivity index (χ0v) is 28.9. The number of halogens is 3. The molecule has 2 aliphatic carbocycles. The summed E-state index contributed by atoms with van der Waals surface area (Å²) in [7, 11) is 0. The van der Waals surface area contributed by atoms with Crippen molar-refractivity contribution in [3.63, 3.8) is 0 Å². The summed E-state index contributed by atoms with van der Waals surface area (Å²) in [6, 6.07) is 23.9. The van der Waals surface area contributed by atoms with E-state index in [1.165, 1.54) is 41.3 Å². The van der Waals surface area contributed by atoms with Crippen molar-refractivity contribution in [2.24, 2.45) is 23.7 Å². The summed E-state index contributed by atoms with van der Waals surface area (Å²) >= 11 is 13.3. The number of fused-ring (bicyclic) bond motifs is 4.